The molecular weight excluding hydrogens is 164 g/mol. The van der Waals surface area contributed by atoms with Crippen LogP contribution >= 0.6 is 0 Å². The van der Waals surface area contributed by atoms with Gasteiger partial charge < -0.3 is 5.32 Å². The lowest BCUT2D eigenvalue weighted by molar-refractivity contribution is 0.144. The molecule has 0 atom stereocenters. The highest BCUT2D eigenvalue weighted by Crippen LogP contribution is 2.24. The number of alkyl halides is 2. The van der Waals surface area contributed by atoms with Gasteiger partial charge in [-0.2, -0.15) is 5.10 Å². The van der Waals surface area contributed by atoms with Crippen LogP contribution in [0.1, 0.15) is 23.4 Å². The molecule has 3 nitrogen and oxygen atoms in total. The molecule has 0 saturated carbocycles. The van der Waals surface area contributed by atoms with Gasteiger partial charge in [0.2, 0.25) is 0 Å². The zero-order valence-corrected chi connectivity index (χ0v) is 6.40. The summed E-state index contributed by atoms with van der Waals surface area (Å²) in [6.07, 6.45) is -1.81. The number of halogens is 2. The summed E-state index contributed by atoms with van der Waals surface area (Å²) in [4.78, 5) is 0. The van der Waals surface area contributed by atoms with Gasteiger partial charge in [-0.05, 0) is 13.0 Å². The van der Waals surface area contributed by atoms with Crippen LogP contribution in [-0.4, -0.2) is 16.7 Å². The first-order chi connectivity index (χ1) is 5.79. The van der Waals surface area contributed by atoms with Crippen molar-refractivity contribution in [1.29, 1.82) is 0 Å². The van der Waals surface area contributed by atoms with Crippen molar-refractivity contribution in [2.75, 3.05) is 6.54 Å². The maximum atomic E-state index is 12.3. The van der Waals surface area contributed by atoms with E-state index in [1.807, 2.05) is 0 Å². The largest absolute Gasteiger partial charge is 0.311 e. The lowest BCUT2D eigenvalue weighted by Crippen LogP contribution is -2.23. The fourth-order valence-electron chi connectivity index (χ4n) is 1.45. The Morgan fingerprint density at radius 2 is 2.25 bits per heavy atom. The average Bonchev–Trinajstić information content (AvgIpc) is 2.47. The number of aromatic nitrogens is 2. The number of fused-ring (bicyclic) bond motifs is 1. The lowest BCUT2D eigenvalue weighted by Gasteiger charge is -2.12. The molecule has 0 unspecified atom stereocenters. The van der Waals surface area contributed by atoms with E-state index in [1.54, 1.807) is 0 Å². The summed E-state index contributed by atoms with van der Waals surface area (Å²) in [6.45, 7) is 1.38. The maximum Gasteiger partial charge on any atom is 0.282 e. The number of H-pyrrole nitrogens is 1. The normalized spacial score (nSPS) is 16.6. The highest BCUT2D eigenvalue weighted by atomic mass is 19.3. The average molecular weight is 173 g/mol. The molecule has 2 heterocycles. The summed E-state index contributed by atoms with van der Waals surface area (Å²) in [7, 11) is 0. The summed E-state index contributed by atoms with van der Waals surface area (Å²) < 4.78 is 24.6. The third kappa shape index (κ3) is 1.10. The van der Waals surface area contributed by atoms with Crippen LogP contribution in [0.4, 0.5) is 8.78 Å². The van der Waals surface area contributed by atoms with Gasteiger partial charge in [-0.3, -0.25) is 5.10 Å². The Morgan fingerprint density at radius 1 is 1.42 bits per heavy atom. The fourth-order valence-corrected chi connectivity index (χ4v) is 1.45. The first-order valence-corrected chi connectivity index (χ1v) is 3.84. The first kappa shape index (κ1) is 7.67. The third-order valence-corrected chi connectivity index (χ3v) is 2.05. The van der Waals surface area contributed by atoms with Gasteiger partial charge in [0.25, 0.3) is 6.43 Å². The smallest absolute Gasteiger partial charge is 0.282 e. The minimum absolute atomic E-state index is 0.0773. The van der Waals surface area contributed by atoms with Gasteiger partial charge in [0.1, 0.15) is 5.69 Å². The van der Waals surface area contributed by atoms with Crippen LogP contribution in [0.15, 0.2) is 0 Å². The van der Waals surface area contributed by atoms with Crippen LogP contribution in [-0.2, 0) is 13.0 Å². The van der Waals surface area contributed by atoms with E-state index in [4.69, 9.17) is 0 Å². The summed E-state index contributed by atoms with van der Waals surface area (Å²) in [5.41, 5.74) is 1.42. The minimum atomic E-state index is -2.46. The molecule has 66 valence electrons. The van der Waals surface area contributed by atoms with Crippen molar-refractivity contribution in [3.05, 3.63) is 17.0 Å². The number of aromatic amines is 1. The third-order valence-electron chi connectivity index (χ3n) is 2.05. The van der Waals surface area contributed by atoms with Crippen molar-refractivity contribution in [3.63, 3.8) is 0 Å². The lowest BCUT2D eigenvalue weighted by atomic mass is 10.1. The molecule has 0 spiro atoms. The van der Waals surface area contributed by atoms with E-state index in [9.17, 15) is 8.78 Å². The minimum Gasteiger partial charge on any atom is -0.311 e. The van der Waals surface area contributed by atoms with Crippen molar-refractivity contribution in [2.24, 2.45) is 0 Å². The fraction of sp³-hybridized carbons (Fsp3) is 0.571. The first-order valence-electron chi connectivity index (χ1n) is 3.84. The Labute approximate surface area is 68.2 Å². The molecule has 0 amide bonds. The Balaban J connectivity index is 2.38. The van der Waals surface area contributed by atoms with Crippen LogP contribution in [0.25, 0.3) is 0 Å². The van der Waals surface area contributed by atoms with Gasteiger partial charge in [0.15, 0.2) is 0 Å². The molecule has 1 aliphatic rings. The van der Waals surface area contributed by atoms with E-state index in [1.165, 1.54) is 0 Å². The summed E-state index contributed by atoms with van der Waals surface area (Å²) in [5, 5.41) is 9.27. The van der Waals surface area contributed by atoms with Gasteiger partial charge in [-0.15, -0.1) is 0 Å². The molecule has 0 aliphatic carbocycles. The molecule has 2 N–H and O–H groups in total. The van der Waals surface area contributed by atoms with Crippen LogP contribution in [0.5, 0.6) is 0 Å². The van der Waals surface area contributed by atoms with E-state index < -0.39 is 6.43 Å². The van der Waals surface area contributed by atoms with Crippen LogP contribution in [0.3, 0.4) is 0 Å². The van der Waals surface area contributed by atoms with Gasteiger partial charge in [-0.25, -0.2) is 8.78 Å². The number of rotatable bonds is 1. The maximum absolute atomic E-state index is 12.3. The highest BCUT2D eigenvalue weighted by molar-refractivity contribution is 5.28. The second-order valence-electron chi connectivity index (χ2n) is 2.79. The van der Waals surface area contributed by atoms with Gasteiger partial charge in [0, 0.05) is 12.1 Å². The van der Waals surface area contributed by atoms with Crippen LogP contribution in [0, 0.1) is 0 Å². The summed E-state index contributed by atoms with van der Waals surface area (Å²) >= 11 is 0. The second kappa shape index (κ2) is 2.82. The van der Waals surface area contributed by atoms with Crippen molar-refractivity contribution >= 4 is 0 Å². The van der Waals surface area contributed by atoms with E-state index in [2.05, 4.69) is 15.5 Å². The molecule has 12 heavy (non-hydrogen) atoms. The molecule has 1 aromatic rings. The number of nitrogens with zero attached hydrogens (tertiary/aromatic N) is 1. The topological polar surface area (TPSA) is 40.7 Å². The second-order valence-corrected chi connectivity index (χ2v) is 2.79. The molecule has 5 heteroatoms. The molecule has 0 aromatic carbocycles. The van der Waals surface area contributed by atoms with E-state index >= 15 is 0 Å². The van der Waals surface area contributed by atoms with Crippen LogP contribution < -0.4 is 5.32 Å². The van der Waals surface area contributed by atoms with Gasteiger partial charge >= 0.3 is 0 Å². The van der Waals surface area contributed by atoms with E-state index in [0.29, 0.717) is 18.5 Å². The molecule has 0 radical (unpaired) electrons. The van der Waals surface area contributed by atoms with Crippen molar-refractivity contribution in [1.82, 2.24) is 15.5 Å². The molecule has 1 aliphatic heterocycles. The summed E-state index contributed by atoms with van der Waals surface area (Å²) in [5.74, 6) is 0. The monoisotopic (exact) mass is 173 g/mol. The number of nitrogens with one attached hydrogen (secondary N) is 2. The predicted octanol–water partition coefficient (Wildman–Crippen LogP) is 0.993. The van der Waals surface area contributed by atoms with Crippen molar-refractivity contribution in [3.8, 4) is 0 Å². The van der Waals surface area contributed by atoms with Crippen LogP contribution in [0.2, 0.25) is 0 Å². The molecule has 1 aromatic heterocycles. The molecule has 0 saturated heterocycles. The highest BCUT2D eigenvalue weighted by Gasteiger charge is 2.21. The number of hydrogen-bond acceptors (Lipinski definition) is 2. The molecule has 0 fully saturated rings. The zero-order chi connectivity index (χ0) is 8.55. The van der Waals surface area contributed by atoms with Crippen molar-refractivity contribution < 1.29 is 8.78 Å². The Bertz CT molecular complexity index is 282. The summed E-state index contributed by atoms with van der Waals surface area (Å²) in [6, 6.07) is 0. The van der Waals surface area contributed by atoms with Crippen molar-refractivity contribution in [2.45, 2.75) is 19.4 Å². The Hall–Kier alpha value is -0.970. The molecule has 0 bridgehead atoms. The SMILES string of the molecule is FC(F)c1n[nH]c2c1CCNC2. The quantitative estimate of drug-likeness (QED) is 0.665. The Morgan fingerprint density at radius 3 is 3.00 bits per heavy atom. The standard InChI is InChI=1S/C7H9F2N3/c8-7(9)6-4-1-2-10-3-5(4)11-12-6/h7,10H,1-3H2,(H,11,12). The van der Waals surface area contributed by atoms with Gasteiger partial charge in [0.05, 0.1) is 5.69 Å². The van der Waals surface area contributed by atoms with E-state index in [-0.39, 0.29) is 5.69 Å². The Kier molecular flexibility index (Phi) is 1.80. The molecule has 2 rings (SSSR count). The molecular formula is C7H9F2N3. The van der Waals surface area contributed by atoms with E-state index in [0.717, 1.165) is 12.2 Å². The zero-order valence-electron chi connectivity index (χ0n) is 6.40. The predicted molar refractivity (Wildman–Crippen MR) is 39.0 cm³/mol. The number of hydrogen-bond donors (Lipinski definition) is 2. The van der Waals surface area contributed by atoms with Gasteiger partial charge in [-0.1, -0.05) is 0 Å².